The maximum atomic E-state index is 12.3. The summed E-state index contributed by atoms with van der Waals surface area (Å²) in [4.78, 5) is 13.3. The van der Waals surface area contributed by atoms with Crippen molar-refractivity contribution in [2.75, 3.05) is 0 Å². The number of aromatic nitrogens is 1. The van der Waals surface area contributed by atoms with Crippen LogP contribution in [0.2, 0.25) is 0 Å². The predicted octanol–water partition coefficient (Wildman–Crippen LogP) is 1.80. The van der Waals surface area contributed by atoms with E-state index in [0.717, 1.165) is 0 Å². The van der Waals surface area contributed by atoms with E-state index in [-0.39, 0.29) is 5.69 Å². The lowest BCUT2D eigenvalue weighted by atomic mass is 10.4. The fourth-order valence-electron chi connectivity index (χ4n) is 0.545. The van der Waals surface area contributed by atoms with Gasteiger partial charge in [0.1, 0.15) is 5.69 Å². The van der Waals surface area contributed by atoms with Crippen LogP contribution < -0.4 is 0 Å². The Morgan fingerprint density at radius 1 is 1.60 bits per heavy atom. The molecule has 0 saturated heterocycles. The van der Waals surface area contributed by atoms with E-state index in [1.54, 1.807) is 0 Å². The van der Waals surface area contributed by atoms with Crippen molar-refractivity contribution < 1.29 is 9.18 Å². The third kappa shape index (κ3) is 1.60. The van der Waals surface area contributed by atoms with Gasteiger partial charge in [-0.25, -0.2) is 4.98 Å². The van der Waals surface area contributed by atoms with Crippen LogP contribution in [0.15, 0.2) is 16.6 Å². The molecular formula is C6H3BrFNO. The second-order valence-electron chi connectivity index (χ2n) is 1.65. The lowest BCUT2D eigenvalue weighted by Crippen LogP contribution is -1.89. The Hall–Kier alpha value is -0.770. The first-order valence-electron chi connectivity index (χ1n) is 2.50. The van der Waals surface area contributed by atoms with Gasteiger partial charge in [0.25, 0.3) is 0 Å². The van der Waals surface area contributed by atoms with Gasteiger partial charge in [0.15, 0.2) is 6.29 Å². The minimum atomic E-state index is -0.656. The van der Waals surface area contributed by atoms with Crippen LogP contribution in [-0.2, 0) is 0 Å². The molecule has 1 aromatic rings. The Bertz CT molecular complexity index is 244. The van der Waals surface area contributed by atoms with Crippen molar-refractivity contribution in [2.45, 2.75) is 0 Å². The fourth-order valence-corrected chi connectivity index (χ4v) is 0.968. The van der Waals surface area contributed by atoms with Crippen molar-refractivity contribution >= 4 is 22.2 Å². The highest BCUT2D eigenvalue weighted by atomic mass is 79.9. The Labute approximate surface area is 65.2 Å². The van der Waals surface area contributed by atoms with Gasteiger partial charge in [0.2, 0.25) is 5.95 Å². The summed E-state index contributed by atoms with van der Waals surface area (Å²) < 4.78 is 12.8. The first kappa shape index (κ1) is 7.34. The number of rotatable bonds is 1. The molecule has 4 heteroatoms. The van der Waals surface area contributed by atoms with Crippen LogP contribution in [0.4, 0.5) is 4.39 Å². The van der Waals surface area contributed by atoms with Gasteiger partial charge in [-0.2, -0.15) is 4.39 Å². The SMILES string of the molecule is O=Cc1cc(Br)cc(F)n1. The van der Waals surface area contributed by atoms with E-state index in [1.165, 1.54) is 12.1 Å². The second kappa shape index (κ2) is 2.88. The molecule has 0 spiro atoms. The molecule has 0 atom stereocenters. The van der Waals surface area contributed by atoms with Crippen molar-refractivity contribution in [3.8, 4) is 0 Å². The summed E-state index contributed by atoms with van der Waals surface area (Å²) in [6.45, 7) is 0. The maximum Gasteiger partial charge on any atom is 0.214 e. The zero-order valence-electron chi connectivity index (χ0n) is 4.84. The largest absolute Gasteiger partial charge is 0.296 e. The zero-order valence-corrected chi connectivity index (χ0v) is 6.43. The molecule has 0 N–H and O–H groups in total. The molecule has 0 aliphatic carbocycles. The van der Waals surface area contributed by atoms with E-state index in [2.05, 4.69) is 20.9 Å². The summed E-state index contributed by atoms with van der Waals surface area (Å²) in [6.07, 6.45) is 0.494. The number of hydrogen-bond acceptors (Lipinski definition) is 2. The predicted molar refractivity (Wildman–Crippen MR) is 37.3 cm³/mol. The maximum absolute atomic E-state index is 12.3. The fraction of sp³-hybridized carbons (Fsp3) is 0. The van der Waals surface area contributed by atoms with Gasteiger partial charge in [-0.05, 0) is 6.07 Å². The minimum absolute atomic E-state index is 0.0897. The Morgan fingerprint density at radius 2 is 2.30 bits per heavy atom. The molecule has 2 nitrogen and oxygen atoms in total. The van der Waals surface area contributed by atoms with Crippen LogP contribution in [0.1, 0.15) is 10.5 Å². The molecule has 52 valence electrons. The van der Waals surface area contributed by atoms with Crippen LogP contribution in [0.3, 0.4) is 0 Å². The molecule has 1 rings (SSSR count). The van der Waals surface area contributed by atoms with Gasteiger partial charge in [-0.3, -0.25) is 4.79 Å². The van der Waals surface area contributed by atoms with Crippen LogP contribution in [0.25, 0.3) is 0 Å². The van der Waals surface area contributed by atoms with Crippen molar-refractivity contribution in [1.82, 2.24) is 4.98 Å². The lowest BCUT2D eigenvalue weighted by Gasteiger charge is -1.91. The average molecular weight is 204 g/mol. The van der Waals surface area contributed by atoms with Gasteiger partial charge in [-0.1, -0.05) is 15.9 Å². The molecule has 1 aromatic heterocycles. The molecule has 1 heterocycles. The van der Waals surface area contributed by atoms with E-state index in [4.69, 9.17) is 0 Å². The van der Waals surface area contributed by atoms with E-state index < -0.39 is 5.95 Å². The summed E-state index contributed by atoms with van der Waals surface area (Å²) in [7, 11) is 0. The smallest absolute Gasteiger partial charge is 0.214 e. The molecule has 0 radical (unpaired) electrons. The molecule has 0 aromatic carbocycles. The summed E-state index contributed by atoms with van der Waals surface area (Å²) in [5.41, 5.74) is 0.0897. The number of aldehydes is 1. The average Bonchev–Trinajstić information content (AvgIpc) is 1.85. The molecule has 0 fully saturated rings. The highest BCUT2D eigenvalue weighted by Crippen LogP contribution is 2.10. The highest BCUT2D eigenvalue weighted by molar-refractivity contribution is 9.10. The summed E-state index contributed by atoms with van der Waals surface area (Å²) in [5, 5.41) is 0. The molecule has 10 heavy (non-hydrogen) atoms. The normalized spacial score (nSPS) is 9.40. The van der Waals surface area contributed by atoms with Crippen molar-refractivity contribution in [3.63, 3.8) is 0 Å². The second-order valence-corrected chi connectivity index (χ2v) is 2.57. The van der Waals surface area contributed by atoms with E-state index >= 15 is 0 Å². The van der Waals surface area contributed by atoms with E-state index in [0.29, 0.717) is 10.8 Å². The third-order valence-electron chi connectivity index (χ3n) is 0.899. The number of pyridine rings is 1. The van der Waals surface area contributed by atoms with Gasteiger partial charge in [0, 0.05) is 10.5 Å². The Morgan fingerprint density at radius 3 is 2.80 bits per heavy atom. The van der Waals surface area contributed by atoms with Crippen molar-refractivity contribution in [3.05, 3.63) is 28.2 Å². The monoisotopic (exact) mass is 203 g/mol. The van der Waals surface area contributed by atoms with E-state index in [1.807, 2.05) is 0 Å². The molecule has 0 amide bonds. The first-order chi connectivity index (χ1) is 4.72. The van der Waals surface area contributed by atoms with Crippen LogP contribution >= 0.6 is 15.9 Å². The molecule has 0 aliphatic rings. The topological polar surface area (TPSA) is 30.0 Å². The van der Waals surface area contributed by atoms with Crippen molar-refractivity contribution in [1.29, 1.82) is 0 Å². The highest BCUT2D eigenvalue weighted by Gasteiger charge is 1.97. The third-order valence-corrected chi connectivity index (χ3v) is 1.36. The standard InChI is InChI=1S/C6H3BrFNO/c7-4-1-5(3-10)9-6(8)2-4/h1-3H. The molecule has 0 saturated carbocycles. The number of nitrogens with zero attached hydrogens (tertiary/aromatic N) is 1. The molecular weight excluding hydrogens is 201 g/mol. The molecule has 0 bridgehead atoms. The van der Waals surface area contributed by atoms with Gasteiger partial charge >= 0.3 is 0 Å². The summed E-state index contributed by atoms with van der Waals surface area (Å²) in [6, 6.07) is 2.63. The van der Waals surface area contributed by atoms with Crippen LogP contribution in [-0.4, -0.2) is 11.3 Å². The number of hydrogen-bond donors (Lipinski definition) is 0. The zero-order chi connectivity index (χ0) is 7.56. The van der Waals surface area contributed by atoms with Gasteiger partial charge < -0.3 is 0 Å². The van der Waals surface area contributed by atoms with Gasteiger partial charge in [-0.15, -0.1) is 0 Å². The van der Waals surface area contributed by atoms with Gasteiger partial charge in [0.05, 0.1) is 0 Å². The Balaban J connectivity index is 3.18. The summed E-state index contributed by atoms with van der Waals surface area (Å²) in [5.74, 6) is -0.656. The minimum Gasteiger partial charge on any atom is -0.296 e. The number of carbonyl (C=O) groups is 1. The van der Waals surface area contributed by atoms with Crippen molar-refractivity contribution in [2.24, 2.45) is 0 Å². The Kier molecular flexibility index (Phi) is 2.11. The number of halogens is 2. The van der Waals surface area contributed by atoms with E-state index in [9.17, 15) is 9.18 Å². The quantitative estimate of drug-likeness (QED) is 0.515. The molecule has 0 unspecified atom stereocenters. The lowest BCUT2D eigenvalue weighted by molar-refractivity contribution is 0.111. The van der Waals surface area contributed by atoms with Crippen LogP contribution in [0.5, 0.6) is 0 Å². The number of carbonyl (C=O) groups excluding carboxylic acids is 1. The molecule has 0 aliphatic heterocycles. The summed E-state index contributed by atoms with van der Waals surface area (Å²) >= 11 is 3.01. The first-order valence-corrected chi connectivity index (χ1v) is 3.30. The van der Waals surface area contributed by atoms with Crippen LogP contribution in [0, 0.1) is 5.95 Å².